The van der Waals surface area contributed by atoms with Crippen LogP contribution in [0.15, 0.2) is 35.3 Å². The van der Waals surface area contributed by atoms with Crippen LogP contribution in [0.5, 0.6) is 0 Å². The lowest BCUT2D eigenvalue weighted by molar-refractivity contribution is 0.596. The monoisotopic (exact) mass is 262 g/mol. The highest BCUT2D eigenvalue weighted by atomic mass is 32.2. The lowest BCUT2D eigenvalue weighted by Crippen LogP contribution is -2.38. The maximum Gasteiger partial charge on any atom is 0.157 e. The maximum atomic E-state index is 4.73. The Balaban J connectivity index is 1.94. The molecule has 0 bridgehead atoms. The van der Waals surface area contributed by atoms with Gasteiger partial charge in [0.1, 0.15) is 0 Å². The van der Waals surface area contributed by atoms with Gasteiger partial charge in [-0.1, -0.05) is 55.9 Å². The maximum absolute atomic E-state index is 4.73. The highest BCUT2D eigenvalue weighted by Gasteiger charge is 2.19. The molecular formula is C15H22N2S. The summed E-state index contributed by atoms with van der Waals surface area (Å²) in [4.78, 5) is 4.73. The minimum Gasteiger partial charge on any atom is -0.362 e. The molecule has 1 aromatic carbocycles. The second-order valence-corrected chi connectivity index (χ2v) is 6.59. The SMILES string of the molecule is CC1CC(C)SC(=NCC(C)c2ccccc2)N1. The molecule has 3 unspecified atom stereocenters. The van der Waals surface area contributed by atoms with Gasteiger partial charge in [0.25, 0.3) is 0 Å². The largest absolute Gasteiger partial charge is 0.362 e. The Bertz CT molecular complexity index is 390. The summed E-state index contributed by atoms with van der Waals surface area (Å²) >= 11 is 1.87. The lowest BCUT2D eigenvalue weighted by Gasteiger charge is -2.27. The van der Waals surface area contributed by atoms with Crippen molar-refractivity contribution in [3.8, 4) is 0 Å². The van der Waals surface area contributed by atoms with Crippen molar-refractivity contribution >= 4 is 16.9 Å². The summed E-state index contributed by atoms with van der Waals surface area (Å²) in [5, 5.41) is 5.25. The van der Waals surface area contributed by atoms with Crippen LogP contribution >= 0.6 is 11.8 Å². The molecule has 0 aromatic heterocycles. The van der Waals surface area contributed by atoms with Gasteiger partial charge in [-0.3, -0.25) is 4.99 Å². The molecule has 0 saturated carbocycles. The average Bonchev–Trinajstić information content (AvgIpc) is 2.36. The average molecular weight is 262 g/mol. The molecular weight excluding hydrogens is 240 g/mol. The van der Waals surface area contributed by atoms with Gasteiger partial charge < -0.3 is 5.32 Å². The molecule has 98 valence electrons. The lowest BCUT2D eigenvalue weighted by atomic mass is 10.0. The second kappa shape index (κ2) is 6.28. The first-order valence-corrected chi connectivity index (χ1v) is 7.55. The molecule has 0 amide bonds. The Labute approximate surface area is 114 Å². The molecule has 1 fully saturated rings. The summed E-state index contributed by atoms with van der Waals surface area (Å²) in [5.74, 6) is 0.480. The van der Waals surface area contributed by atoms with Crippen LogP contribution in [-0.4, -0.2) is 23.0 Å². The fraction of sp³-hybridized carbons (Fsp3) is 0.533. The first-order valence-electron chi connectivity index (χ1n) is 6.67. The Morgan fingerprint density at radius 2 is 2.06 bits per heavy atom. The van der Waals surface area contributed by atoms with Crippen molar-refractivity contribution in [2.45, 2.75) is 44.4 Å². The fourth-order valence-electron chi connectivity index (χ4n) is 2.23. The van der Waals surface area contributed by atoms with Gasteiger partial charge in [-0.25, -0.2) is 0 Å². The number of nitrogens with one attached hydrogen (secondary N) is 1. The second-order valence-electron chi connectivity index (χ2n) is 5.17. The van der Waals surface area contributed by atoms with Crippen LogP contribution in [0.4, 0.5) is 0 Å². The van der Waals surface area contributed by atoms with E-state index in [1.54, 1.807) is 0 Å². The topological polar surface area (TPSA) is 24.4 Å². The number of benzene rings is 1. The van der Waals surface area contributed by atoms with Crippen LogP contribution in [0, 0.1) is 0 Å². The molecule has 2 nitrogen and oxygen atoms in total. The number of hydrogen-bond donors (Lipinski definition) is 1. The molecule has 1 aliphatic heterocycles. The Morgan fingerprint density at radius 3 is 2.72 bits per heavy atom. The quantitative estimate of drug-likeness (QED) is 0.899. The molecule has 1 saturated heterocycles. The zero-order chi connectivity index (χ0) is 13.0. The number of aliphatic imine (C=N–C) groups is 1. The predicted octanol–water partition coefficient (Wildman–Crippen LogP) is 3.65. The van der Waals surface area contributed by atoms with Crippen molar-refractivity contribution in [1.29, 1.82) is 0 Å². The molecule has 1 N–H and O–H groups in total. The van der Waals surface area contributed by atoms with Gasteiger partial charge in [0.15, 0.2) is 5.17 Å². The van der Waals surface area contributed by atoms with Gasteiger partial charge in [-0.05, 0) is 18.9 Å². The van der Waals surface area contributed by atoms with Gasteiger partial charge in [0.2, 0.25) is 0 Å². The van der Waals surface area contributed by atoms with Crippen molar-refractivity contribution < 1.29 is 0 Å². The Morgan fingerprint density at radius 1 is 1.33 bits per heavy atom. The normalized spacial score (nSPS) is 27.8. The Hall–Kier alpha value is -0.960. The van der Waals surface area contributed by atoms with E-state index in [4.69, 9.17) is 4.99 Å². The Kier molecular flexibility index (Phi) is 4.70. The van der Waals surface area contributed by atoms with Crippen molar-refractivity contribution in [2.24, 2.45) is 4.99 Å². The molecule has 3 atom stereocenters. The zero-order valence-electron chi connectivity index (χ0n) is 11.4. The molecule has 3 heteroatoms. The van der Waals surface area contributed by atoms with E-state index >= 15 is 0 Å². The summed E-state index contributed by atoms with van der Waals surface area (Å²) in [6, 6.07) is 11.2. The minimum absolute atomic E-state index is 0.480. The van der Waals surface area contributed by atoms with E-state index in [2.05, 4.69) is 56.4 Å². The number of hydrogen-bond acceptors (Lipinski definition) is 2. The molecule has 0 radical (unpaired) electrons. The number of thioether (sulfide) groups is 1. The number of nitrogens with zero attached hydrogens (tertiary/aromatic N) is 1. The third-order valence-corrected chi connectivity index (χ3v) is 4.31. The smallest absolute Gasteiger partial charge is 0.157 e. The molecule has 1 aliphatic rings. The summed E-state index contributed by atoms with van der Waals surface area (Å²) in [6.45, 7) is 7.60. The molecule has 2 rings (SSSR count). The third kappa shape index (κ3) is 3.77. The standard InChI is InChI=1S/C15H22N2S/c1-11(14-7-5-4-6-8-14)10-16-15-17-12(2)9-13(3)18-15/h4-8,11-13H,9-10H2,1-3H3,(H,16,17). The molecule has 1 aromatic rings. The fourth-order valence-corrected chi connectivity index (χ4v) is 3.41. The van der Waals surface area contributed by atoms with E-state index in [0.29, 0.717) is 17.2 Å². The minimum atomic E-state index is 0.480. The van der Waals surface area contributed by atoms with Crippen molar-refractivity contribution in [3.05, 3.63) is 35.9 Å². The summed E-state index contributed by atoms with van der Waals surface area (Å²) < 4.78 is 0. The van der Waals surface area contributed by atoms with E-state index in [9.17, 15) is 0 Å². The van der Waals surface area contributed by atoms with E-state index in [0.717, 1.165) is 11.7 Å². The van der Waals surface area contributed by atoms with Gasteiger partial charge in [0.05, 0.1) is 0 Å². The van der Waals surface area contributed by atoms with E-state index < -0.39 is 0 Å². The van der Waals surface area contributed by atoms with E-state index in [1.165, 1.54) is 12.0 Å². The van der Waals surface area contributed by atoms with Crippen LogP contribution in [0.3, 0.4) is 0 Å². The van der Waals surface area contributed by atoms with Crippen molar-refractivity contribution in [3.63, 3.8) is 0 Å². The van der Waals surface area contributed by atoms with Crippen molar-refractivity contribution in [1.82, 2.24) is 5.32 Å². The van der Waals surface area contributed by atoms with Crippen LogP contribution in [0.1, 0.15) is 38.7 Å². The summed E-state index contributed by atoms with van der Waals surface area (Å²) in [7, 11) is 0. The first-order chi connectivity index (χ1) is 8.65. The van der Waals surface area contributed by atoms with Gasteiger partial charge >= 0.3 is 0 Å². The number of rotatable bonds is 3. The van der Waals surface area contributed by atoms with Gasteiger partial charge in [-0.2, -0.15) is 0 Å². The van der Waals surface area contributed by atoms with Gasteiger partial charge in [-0.15, -0.1) is 0 Å². The molecule has 0 aliphatic carbocycles. The van der Waals surface area contributed by atoms with Crippen LogP contribution < -0.4 is 5.32 Å². The predicted molar refractivity (Wildman–Crippen MR) is 81.4 cm³/mol. The highest BCUT2D eigenvalue weighted by molar-refractivity contribution is 8.14. The van der Waals surface area contributed by atoms with Crippen LogP contribution in [0.2, 0.25) is 0 Å². The van der Waals surface area contributed by atoms with E-state index in [1.807, 2.05) is 11.8 Å². The van der Waals surface area contributed by atoms with Crippen LogP contribution in [-0.2, 0) is 0 Å². The first kappa shape index (κ1) is 13.5. The summed E-state index contributed by atoms with van der Waals surface area (Å²) in [5.41, 5.74) is 1.36. The zero-order valence-corrected chi connectivity index (χ0v) is 12.2. The highest BCUT2D eigenvalue weighted by Crippen LogP contribution is 2.23. The molecule has 18 heavy (non-hydrogen) atoms. The number of amidine groups is 1. The molecule has 0 spiro atoms. The molecule has 1 heterocycles. The van der Waals surface area contributed by atoms with Crippen molar-refractivity contribution in [2.75, 3.05) is 6.54 Å². The third-order valence-electron chi connectivity index (χ3n) is 3.25. The van der Waals surface area contributed by atoms with E-state index in [-0.39, 0.29) is 0 Å². The van der Waals surface area contributed by atoms with Crippen LogP contribution in [0.25, 0.3) is 0 Å². The summed E-state index contributed by atoms with van der Waals surface area (Å²) in [6.07, 6.45) is 1.22. The van der Waals surface area contributed by atoms with Gasteiger partial charge in [0, 0.05) is 23.8 Å².